The van der Waals surface area contributed by atoms with Crippen LogP contribution < -0.4 is 10.0 Å². The zero-order chi connectivity index (χ0) is 18.7. The minimum absolute atomic E-state index is 0.321. The van der Waals surface area contributed by atoms with Crippen molar-refractivity contribution >= 4 is 15.7 Å². The van der Waals surface area contributed by atoms with Gasteiger partial charge in [-0.05, 0) is 66.3 Å². The Balaban J connectivity index is 1.50. The van der Waals surface area contributed by atoms with Gasteiger partial charge in [-0.15, -0.1) is 0 Å². The van der Waals surface area contributed by atoms with Crippen molar-refractivity contribution in [2.45, 2.75) is 37.2 Å². The highest BCUT2D eigenvalue weighted by atomic mass is 32.2. The molecule has 5 nitrogen and oxygen atoms in total. The molecule has 27 heavy (non-hydrogen) atoms. The molecule has 0 amide bonds. The maximum Gasteiger partial charge on any atom is 0.261 e. The molecular weight excluding hydrogens is 360 g/mol. The Hall–Kier alpha value is -2.57. The molecule has 1 aliphatic carbocycles. The Kier molecular flexibility index (Phi) is 5.01. The van der Waals surface area contributed by atoms with Crippen molar-refractivity contribution in [2.75, 3.05) is 4.72 Å². The number of benzene rings is 2. The van der Waals surface area contributed by atoms with Gasteiger partial charge in [0.25, 0.3) is 10.0 Å². The molecule has 4 rings (SSSR count). The van der Waals surface area contributed by atoms with Crippen LogP contribution in [0.2, 0.25) is 0 Å². The Morgan fingerprint density at radius 1 is 0.926 bits per heavy atom. The molecule has 1 aromatic heterocycles. The highest BCUT2D eigenvalue weighted by molar-refractivity contribution is 7.92. The van der Waals surface area contributed by atoms with Crippen LogP contribution in [0.25, 0.3) is 0 Å². The molecule has 0 bridgehead atoms. The number of sulfonamides is 1. The lowest BCUT2D eigenvalue weighted by molar-refractivity contribution is 0.483. The number of furan rings is 1. The van der Waals surface area contributed by atoms with Gasteiger partial charge < -0.3 is 9.73 Å². The normalized spacial score (nSPS) is 13.5. The average molecular weight is 382 g/mol. The first kappa shape index (κ1) is 17.8. The first-order chi connectivity index (χ1) is 13.1. The highest BCUT2D eigenvalue weighted by Crippen LogP contribution is 2.26. The number of para-hydroxylation sites is 1. The molecule has 2 N–H and O–H groups in total. The van der Waals surface area contributed by atoms with E-state index in [9.17, 15) is 8.42 Å². The van der Waals surface area contributed by atoms with Crippen LogP contribution in [0.4, 0.5) is 5.69 Å². The Morgan fingerprint density at radius 3 is 2.63 bits per heavy atom. The van der Waals surface area contributed by atoms with Crippen LogP contribution in [0.15, 0.2) is 70.2 Å². The molecule has 0 fully saturated rings. The molecule has 3 aromatic rings. The predicted molar refractivity (Wildman–Crippen MR) is 105 cm³/mol. The summed E-state index contributed by atoms with van der Waals surface area (Å²) in [5, 5.41) is 3.28. The summed E-state index contributed by atoms with van der Waals surface area (Å²) in [6, 6.07) is 16.6. The van der Waals surface area contributed by atoms with E-state index in [1.807, 2.05) is 42.5 Å². The highest BCUT2D eigenvalue weighted by Gasteiger charge is 2.19. The van der Waals surface area contributed by atoms with E-state index >= 15 is 0 Å². The zero-order valence-electron chi connectivity index (χ0n) is 14.9. The van der Waals surface area contributed by atoms with Gasteiger partial charge in [-0.2, -0.15) is 0 Å². The maximum atomic E-state index is 12.9. The third-order valence-electron chi connectivity index (χ3n) is 4.84. The molecule has 0 radical (unpaired) electrons. The van der Waals surface area contributed by atoms with Crippen molar-refractivity contribution in [3.63, 3.8) is 0 Å². The van der Waals surface area contributed by atoms with Crippen molar-refractivity contribution in [3.8, 4) is 0 Å². The van der Waals surface area contributed by atoms with Gasteiger partial charge in [-0.25, -0.2) is 8.42 Å². The van der Waals surface area contributed by atoms with E-state index in [0.29, 0.717) is 23.7 Å². The summed E-state index contributed by atoms with van der Waals surface area (Å²) in [7, 11) is -3.62. The second kappa shape index (κ2) is 7.58. The fourth-order valence-electron chi connectivity index (χ4n) is 3.43. The van der Waals surface area contributed by atoms with Crippen molar-refractivity contribution in [1.82, 2.24) is 5.32 Å². The molecule has 140 valence electrons. The monoisotopic (exact) mass is 382 g/mol. The minimum atomic E-state index is -3.62. The van der Waals surface area contributed by atoms with Gasteiger partial charge in [-0.3, -0.25) is 4.72 Å². The molecule has 6 heteroatoms. The summed E-state index contributed by atoms with van der Waals surface area (Å²) >= 11 is 0. The summed E-state index contributed by atoms with van der Waals surface area (Å²) in [5.41, 5.74) is 3.88. The quantitative estimate of drug-likeness (QED) is 0.651. The number of rotatable bonds is 7. The molecule has 0 unspecified atom stereocenters. The second-order valence-electron chi connectivity index (χ2n) is 6.73. The fourth-order valence-corrected chi connectivity index (χ4v) is 4.58. The molecule has 1 heterocycles. The summed E-state index contributed by atoms with van der Waals surface area (Å²) in [4.78, 5) is 0.321. The smallest absolute Gasteiger partial charge is 0.261 e. The van der Waals surface area contributed by atoms with Crippen LogP contribution in [0, 0.1) is 0 Å². The Morgan fingerprint density at radius 2 is 1.78 bits per heavy atom. The van der Waals surface area contributed by atoms with E-state index in [2.05, 4.69) is 10.0 Å². The lowest BCUT2D eigenvalue weighted by Gasteiger charge is -2.14. The van der Waals surface area contributed by atoms with Gasteiger partial charge in [-0.1, -0.05) is 24.3 Å². The molecule has 0 spiro atoms. The van der Waals surface area contributed by atoms with Crippen molar-refractivity contribution in [2.24, 2.45) is 0 Å². The minimum Gasteiger partial charge on any atom is -0.468 e. The number of aryl methyl sites for hydroxylation is 2. The van der Waals surface area contributed by atoms with Gasteiger partial charge in [0, 0.05) is 6.54 Å². The van der Waals surface area contributed by atoms with E-state index < -0.39 is 10.0 Å². The maximum absolute atomic E-state index is 12.9. The van der Waals surface area contributed by atoms with Crippen molar-refractivity contribution < 1.29 is 12.8 Å². The van der Waals surface area contributed by atoms with Crippen molar-refractivity contribution in [3.05, 3.63) is 83.3 Å². The molecule has 0 saturated heterocycles. The van der Waals surface area contributed by atoms with Gasteiger partial charge in [0.2, 0.25) is 0 Å². The van der Waals surface area contributed by atoms with E-state index in [-0.39, 0.29) is 0 Å². The van der Waals surface area contributed by atoms with E-state index in [1.165, 1.54) is 5.56 Å². The van der Waals surface area contributed by atoms with Crippen LogP contribution in [-0.4, -0.2) is 8.42 Å². The summed E-state index contributed by atoms with van der Waals surface area (Å²) in [6.45, 7) is 1.11. The van der Waals surface area contributed by atoms with Gasteiger partial charge in [0.15, 0.2) is 0 Å². The molecule has 2 aromatic carbocycles. The standard InChI is InChI=1S/C21H22N2O3S/c24-27(25,20-11-10-16-6-3-7-17(16)13-20)23-21-9-2-1-5-18(21)14-22-15-19-8-4-12-26-19/h1-2,4-5,8-13,22-23H,3,6-7,14-15H2. The third-order valence-corrected chi connectivity index (χ3v) is 6.20. The van der Waals surface area contributed by atoms with Crippen LogP contribution in [0.1, 0.15) is 28.9 Å². The van der Waals surface area contributed by atoms with E-state index in [0.717, 1.165) is 36.1 Å². The molecule has 0 aliphatic heterocycles. The summed E-state index contributed by atoms with van der Waals surface area (Å²) < 4.78 is 33.8. The van der Waals surface area contributed by atoms with Crippen molar-refractivity contribution in [1.29, 1.82) is 0 Å². The molecule has 0 atom stereocenters. The molecular formula is C21H22N2O3S. The fraction of sp³-hybridized carbons (Fsp3) is 0.238. The number of fused-ring (bicyclic) bond motifs is 1. The predicted octanol–water partition coefficient (Wildman–Crippen LogP) is 3.86. The Labute approximate surface area is 159 Å². The molecule has 0 saturated carbocycles. The number of nitrogens with one attached hydrogen (secondary N) is 2. The summed E-state index contributed by atoms with van der Waals surface area (Å²) in [5.74, 6) is 0.839. The van der Waals surface area contributed by atoms with Crippen LogP contribution >= 0.6 is 0 Å². The molecule has 1 aliphatic rings. The van der Waals surface area contributed by atoms with E-state index in [4.69, 9.17) is 4.42 Å². The zero-order valence-corrected chi connectivity index (χ0v) is 15.8. The lowest BCUT2D eigenvalue weighted by Crippen LogP contribution is -2.17. The Bertz CT molecular complexity index is 1030. The number of hydrogen-bond donors (Lipinski definition) is 2. The number of anilines is 1. The average Bonchev–Trinajstić information content (AvgIpc) is 3.33. The number of hydrogen-bond acceptors (Lipinski definition) is 4. The van der Waals surface area contributed by atoms with Gasteiger partial charge >= 0.3 is 0 Å². The van der Waals surface area contributed by atoms with Gasteiger partial charge in [0.1, 0.15) is 5.76 Å². The SMILES string of the molecule is O=S(=O)(Nc1ccccc1CNCc1ccco1)c1ccc2c(c1)CCC2. The first-order valence-electron chi connectivity index (χ1n) is 9.07. The second-order valence-corrected chi connectivity index (χ2v) is 8.41. The third kappa shape index (κ3) is 4.07. The lowest BCUT2D eigenvalue weighted by atomic mass is 10.1. The summed E-state index contributed by atoms with van der Waals surface area (Å²) in [6.07, 6.45) is 4.71. The van der Waals surface area contributed by atoms with Gasteiger partial charge in [0.05, 0.1) is 23.4 Å². The largest absolute Gasteiger partial charge is 0.468 e. The van der Waals surface area contributed by atoms with Crippen LogP contribution in [0.5, 0.6) is 0 Å². The topological polar surface area (TPSA) is 71.3 Å². The first-order valence-corrected chi connectivity index (χ1v) is 10.6. The van der Waals surface area contributed by atoms with E-state index in [1.54, 1.807) is 18.4 Å². The van der Waals surface area contributed by atoms with Crippen LogP contribution in [0.3, 0.4) is 0 Å². The van der Waals surface area contributed by atoms with Crippen LogP contribution in [-0.2, 0) is 36.0 Å².